The van der Waals surface area contributed by atoms with Crippen LogP contribution in [-0.2, 0) is 9.59 Å². The Kier molecular flexibility index (Phi) is 5.06. The van der Waals surface area contributed by atoms with Crippen LogP contribution in [-0.4, -0.2) is 29.1 Å². The van der Waals surface area contributed by atoms with Gasteiger partial charge < -0.3 is 16.2 Å². The summed E-state index contributed by atoms with van der Waals surface area (Å²) in [5.41, 5.74) is 5.28. The van der Waals surface area contributed by atoms with Crippen molar-refractivity contribution in [1.82, 2.24) is 5.32 Å². The molecular weight excluding hydrogens is 172 g/mol. The normalized spacial score (nSPS) is 14.7. The molecule has 2 atom stereocenters. The van der Waals surface area contributed by atoms with Crippen LogP contribution < -0.4 is 11.1 Å². The van der Waals surface area contributed by atoms with E-state index in [0.29, 0.717) is 12.8 Å². The van der Waals surface area contributed by atoms with E-state index in [2.05, 4.69) is 5.32 Å². The second kappa shape index (κ2) is 5.53. The second-order valence-corrected chi connectivity index (χ2v) is 2.98. The summed E-state index contributed by atoms with van der Waals surface area (Å²) in [6.45, 7) is 3.37. The third kappa shape index (κ3) is 4.47. The first-order chi connectivity index (χ1) is 5.99. The molecule has 4 N–H and O–H groups in total. The van der Waals surface area contributed by atoms with Crippen LogP contribution in [0.3, 0.4) is 0 Å². The van der Waals surface area contributed by atoms with Crippen molar-refractivity contribution in [3.05, 3.63) is 0 Å². The van der Waals surface area contributed by atoms with E-state index in [1.807, 2.05) is 6.92 Å². The van der Waals surface area contributed by atoms with Gasteiger partial charge in [-0.25, -0.2) is 4.79 Å². The monoisotopic (exact) mass is 188 g/mol. The van der Waals surface area contributed by atoms with Crippen LogP contribution >= 0.6 is 0 Å². The second-order valence-electron chi connectivity index (χ2n) is 2.98. The summed E-state index contributed by atoms with van der Waals surface area (Å²) >= 11 is 0. The molecule has 13 heavy (non-hydrogen) atoms. The van der Waals surface area contributed by atoms with E-state index < -0.39 is 24.0 Å². The molecule has 0 radical (unpaired) electrons. The van der Waals surface area contributed by atoms with Crippen LogP contribution in [0.2, 0.25) is 0 Å². The van der Waals surface area contributed by atoms with Gasteiger partial charge in [-0.05, 0) is 13.3 Å². The van der Waals surface area contributed by atoms with Crippen molar-refractivity contribution in [2.45, 2.75) is 38.8 Å². The lowest BCUT2D eigenvalue weighted by molar-refractivity contribution is -0.142. The number of carboxylic acid groups (broad SMARTS) is 1. The van der Waals surface area contributed by atoms with Crippen LogP contribution in [0.5, 0.6) is 0 Å². The Labute approximate surface area is 77.3 Å². The number of aliphatic carboxylic acids is 1. The average molecular weight is 188 g/mol. The first-order valence-electron chi connectivity index (χ1n) is 4.27. The zero-order chi connectivity index (χ0) is 10.4. The molecular formula is C8H16N2O3. The Morgan fingerprint density at radius 3 is 2.38 bits per heavy atom. The number of nitrogens with two attached hydrogens (primary N) is 1. The summed E-state index contributed by atoms with van der Waals surface area (Å²) in [7, 11) is 0. The quantitative estimate of drug-likeness (QED) is 0.552. The molecule has 5 heteroatoms. The van der Waals surface area contributed by atoms with Gasteiger partial charge in [0.2, 0.25) is 5.91 Å². The fourth-order valence-corrected chi connectivity index (χ4v) is 0.849. The first-order valence-corrected chi connectivity index (χ1v) is 4.27. The predicted molar refractivity (Wildman–Crippen MR) is 48.1 cm³/mol. The molecule has 0 aliphatic heterocycles. The fraction of sp³-hybridized carbons (Fsp3) is 0.750. The maximum Gasteiger partial charge on any atom is 0.326 e. The van der Waals surface area contributed by atoms with Gasteiger partial charge in [-0.15, -0.1) is 0 Å². The maximum atomic E-state index is 11.0. The minimum Gasteiger partial charge on any atom is -0.480 e. The number of carbonyl (C=O) groups excluding carboxylic acids is 1. The van der Waals surface area contributed by atoms with Crippen molar-refractivity contribution in [1.29, 1.82) is 0 Å². The molecule has 76 valence electrons. The van der Waals surface area contributed by atoms with E-state index >= 15 is 0 Å². The van der Waals surface area contributed by atoms with Gasteiger partial charge >= 0.3 is 5.97 Å². The van der Waals surface area contributed by atoms with Crippen molar-refractivity contribution in [2.75, 3.05) is 0 Å². The zero-order valence-electron chi connectivity index (χ0n) is 7.91. The van der Waals surface area contributed by atoms with E-state index in [4.69, 9.17) is 10.8 Å². The van der Waals surface area contributed by atoms with Crippen molar-refractivity contribution in [3.8, 4) is 0 Å². The number of nitrogens with one attached hydrogen (secondary N) is 1. The summed E-state index contributed by atoms with van der Waals surface area (Å²) in [6.07, 6.45) is 1.13. The summed E-state index contributed by atoms with van der Waals surface area (Å²) in [4.78, 5) is 21.6. The van der Waals surface area contributed by atoms with E-state index in [9.17, 15) is 9.59 Å². The Balaban J connectivity index is 4.10. The molecule has 0 saturated carbocycles. The Morgan fingerprint density at radius 1 is 1.54 bits per heavy atom. The third-order valence-corrected chi connectivity index (χ3v) is 1.61. The molecule has 0 aliphatic rings. The zero-order valence-corrected chi connectivity index (χ0v) is 7.91. The molecule has 0 aromatic carbocycles. The molecule has 0 fully saturated rings. The van der Waals surface area contributed by atoms with Crippen LogP contribution in [0.4, 0.5) is 0 Å². The summed E-state index contributed by atoms with van der Waals surface area (Å²) < 4.78 is 0. The molecule has 0 unspecified atom stereocenters. The van der Waals surface area contributed by atoms with Crippen molar-refractivity contribution in [2.24, 2.45) is 5.73 Å². The van der Waals surface area contributed by atoms with Crippen LogP contribution in [0.25, 0.3) is 0 Å². The molecule has 0 spiro atoms. The summed E-state index contributed by atoms with van der Waals surface area (Å²) in [5.74, 6) is -1.45. The number of carboxylic acids is 1. The smallest absolute Gasteiger partial charge is 0.326 e. The predicted octanol–water partition coefficient (Wildman–Crippen LogP) is -0.297. The number of rotatable bonds is 5. The minimum absolute atomic E-state index is 0.424. The molecule has 0 rings (SSSR count). The van der Waals surface area contributed by atoms with Crippen LogP contribution in [0.1, 0.15) is 26.7 Å². The Bertz CT molecular complexity index is 192. The van der Waals surface area contributed by atoms with Gasteiger partial charge in [0.25, 0.3) is 0 Å². The summed E-state index contributed by atoms with van der Waals surface area (Å²) in [5, 5.41) is 11.0. The lowest BCUT2D eigenvalue weighted by Crippen LogP contribution is -2.47. The molecule has 0 heterocycles. The third-order valence-electron chi connectivity index (χ3n) is 1.61. The van der Waals surface area contributed by atoms with E-state index in [1.165, 1.54) is 6.92 Å². The number of carbonyl (C=O) groups is 2. The molecule has 1 amide bonds. The standard InChI is InChI=1S/C8H16N2O3/c1-3-4-6(8(12)13)10-7(11)5(2)9/h5-6H,3-4,9H2,1-2H3,(H,10,11)(H,12,13)/t5-,6-/m0/s1. The molecule has 5 nitrogen and oxygen atoms in total. The molecule has 0 bridgehead atoms. The lowest BCUT2D eigenvalue weighted by Gasteiger charge is -2.14. The Hall–Kier alpha value is -1.10. The number of hydrogen-bond donors (Lipinski definition) is 3. The number of amides is 1. The topological polar surface area (TPSA) is 92.4 Å². The minimum atomic E-state index is -1.02. The highest BCUT2D eigenvalue weighted by molar-refractivity contribution is 5.86. The van der Waals surface area contributed by atoms with E-state index in [1.54, 1.807) is 0 Å². The lowest BCUT2D eigenvalue weighted by atomic mass is 10.1. The van der Waals surface area contributed by atoms with Crippen LogP contribution in [0, 0.1) is 0 Å². The maximum absolute atomic E-state index is 11.0. The van der Waals surface area contributed by atoms with Gasteiger partial charge in [0.1, 0.15) is 6.04 Å². The highest BCUT2D eigenvalue weighted by Gasteiger charge is 2.19. The average Bonchev–Trinajstić information content (AvgIpc) is 2.03. The van der Waals surface area contributed by atoms with Gasteiger partial charge in [-0.2, -0.15) is 0 Å². The summed E-state index contributed by atoms with van der Waals surface area (Å²) in [6, 6.07) is -1.48. The van der Waals surface area contributed by atoms with Gasteiger partial charge in [0.05, 0.1) is 6.04 Å². The van der Waals surface area contributed by atoms with Crippen molar-refractivity contribution in [3.63, 3.8) is 0 Å². The molecule has 0 saturated heterocycles. The SMILES string of the molecule is CCC[C@H](NC(=O)[C@H](C)N)C(=O)O. The fourth-order valence-electron chi connectivity index (χ4n) is 0.849. The Morgan fingerprint density at radius 2 is 2.08 bits per heavy atom. The van der Waals surface area contributed by atoms with Crippen molar-refractivity contribution < 1.29 is 14.7 Å². The van der Waals surface area contributed by atoms with E-state index in [0.717, 1.165) is 0 Å². The van der Waals surface area contributed by atoms with Crippen LogP contribution in [0.15, 0.2) is 0 Å². The first kappa shape index (κ1) is 11.9. The van der Waals surface area contributed by atoms with Gasteiger partial charge in [0, 0.05) is 0 Å². The highest BCUT2D eigenvalue weighted by atomic mass is 16.4. The molecule has 0 aromatic rings. The van der Waals surface area contributed by atoms with Gasteiger partial charge in [-0.3, -0.25) is 4.79 Å². The number of hydrogen-bond acceptors (Lipinski definition) is 3. The van der Waals surface area contributed by atoms with Gasteiger partial charge in [-0.1, -0.05) is 13.3 Å². The van der Waals surface area contributed by atoms with E-state index in [-0.39, 0.29) is 0 Å². The van der Waals surface area contributed by atoms with Crippen molar-refractivity contribution >= 4 is 11.9 Å². The highest BCUT2D eigenvalue weighted by Crippen LogP contribution is 1.96. The largest absolute Gasteiger partial charge is 0.480 e. The molecule has 0 aliphatic carbocycles. The molecule has 0 aromatic heterocycles. The van der Waals surface area contributed by atoms with Gasteiger partial charge in [0.15, 0.2) is 0 Å².